The van der Waals surface area contributed by atoms with Crippen molar-refractivity contribution in [1.82, 2.24) is 9.80 Å². The quantitative estimate of drug-likeness (QED) is 0.842. The minimum atomic E-state index is -0.199. The normalized spacial score (nSPS) is 17.6. The third-order valence-electron chi connectivity index (χ3n) is 5.51. The fourth-order valence-corrected chi connectivity index (χ4v) is 3.86. The highest BCUT2D eigenvalue weighted by Crippen LogP contribution is 2.38. The summed E-state index contributed by atoms with van der Waals surface area (Å²) in [5, 5.41) is 2.93. The summed E-state index contributed by atoms with van der Waals surface area (Å²) in [5.74, 6) is -0.199. The number of carbonyl (C=O) groups excluding carboxylic acids is 2. The summed E-state index contributed by atoms with van der Waals surface area (Å²) in [4.78, 5) is 32.0. The van der Waals surface area contributed by atoms with Crippen LogP contribution in [0.15, 0.2) is 48.5 Å². The Bertz CT molecular complexity index is 874. The Morgan fingerprint density at radius 2 is 1.67 bits per heavy atom. The first-order valence-corrected chi connectivity index (χ1v) is 9.31. The monoisotopic (exact) mass is 364 g/mol. The largest absolute Gasteiger partial charge is 0.329 e. The lowest BCUT2D eigenvalue weighted by atomic mass is 10.0. The van der Waals surface area contributed by atoms with Crippen molar-refractivity contribution in [3.63, 3.8) is 0 Å². The van der Waals surface area contributed by atoms with E-state index in [4.69, 9.17) is 0 Å². The summed E-state index contributed by atoms with van der Waals surface area (Å²) in [6, 6.07) is 14.8. The van der Waals surface area contributed by atoms with E-state index in [1.165, 1.54) is 0 Å². The van der Waals surface area contributed by atoms with Crippen molar-refractivity contribution in [1.29, 1.82) is 0 Å². The molecule has 6 nitrogen and oxygen atoms in total. The first-order valence-electron chi connectivity index (χ1n) is 9.31. The predicted octanol–water partition coefficient (Wildman–Crippen LogP) is 3.54. The van der Waals surface area contributed by atoms with Crippen molar-refractivity contribution in [2.75, 3.05) is 37.4 Å². The third kappa shape index (κ3) is 3.17. The second-order valence-corrected chi connectivity index (χ2v) is 7.25. The van der Waals surface area contributed by atoms with Crippen LogP contribution in [0.1, 0.15) is 23.2 Å². The first kappa shape index (κ1) is 17.5. The fourth-order valence-electron chi connectivity index (χ4n) is 3.86. The van der Waals surface area contributed by atoms with Crippen LogP contribution < -0.4 is 10.2 Å². The molecule has 1 N–H and O–H groups in total. The van der Waals surface area contributed by atoms with Crippen LogP contribution in [0.3, 0.4) is 0 Å². The number of hydrogen-bond acceptors (Lipinski definition) is 3. The molecule has 140 valence electrons. The zero-order valence-electron chi connectivity index (χ0n) is 15.7. The number of urea groups is 1. The molecule has 2 aliphatic rings. The van der Waals surface area contributed by atoms with Gasteiger partial charge in [0.15, 0.2) is 0 Å². The van der Waals surface area contributed by atoms with Crippen LogP contribution in [-0.4, -0.2) is 55.0 Å². The molecule has 0 radical (unpaired) electrons. The molecule has 0 aliphatic carbocycles. The minimum Gasteiger partial charge on any atom is -0.324 e. The molecule has 1 fully saturated rings. The van der Waals surface area contributed by atoms with E-state index in [-0.39, 0.29) is 18.0 Å². The van der Waals surface area contributed by atoms with Crippen LogP contribution in [0.5, 0.6) is 0 Å². The summed E-state index contributed by atoms with van der Waals surface area (Å²) >= 11 is 0. The molecule has 0 atom stereocenters. The summed E-state index contributed by atoms with van der Waals surface area (Å²) in [5.41, 5.74) is 2.45. The molecular formula is C21H24N4O2. The van der Waals surface area contributed by atoms with E-state index >= 15 is 0 Å². The van der Waals surface area contributed by atoms with Crippen LogP contribution in [0, 0.1) is 0 Å². The van der Waals surface area contributed by atoms with Gasteiger partial charge in [-0.25, -0.2) is 4.79 Å². The number of hydrogen-bond donors (Lipinski definition) is 1. The van der Waals surface area contributed by atoms with Gasteiger partial charge in [-0.1, -0.05) is 24.3 Å². The molecule has 6 heteroatoms. The van der Waals surface area contributed by atoms with E-state index in [0.29, 0.717) is 22.6 Å². The van der Waals surface area contributed by atoms with Crippen molar-refractivity contribution in [3.8, 4) is 0 Å². The van der Waals surface area contributed by atoms with E-state index < -0.39 is 0 Å². The second kappa shape index (κ2) is 7.04. The van der Waals surface area contributed by atoms with Gasteiger partial charge in [-0.05, 0) is 57.2 Å². The zero-order chi connectivity index (χ0) is 19.0. The molecule has 2 aromatic rings. The van der Waals surface area contributed by atoms with Gasteiger partial charge in [-0.2, -0.15) is 0 Å². The van der Waals surface area contributed by atoms with Gasteiger partial charge in [0.1, 0.15) is 0 Å². The number of para-hydroxylation sites is 3. The SMILES string of the molecule is CN1CCC(N(C)C(=O)N2c3ccccc3NC(=O)c3ccccc32)CC1. The number of nitrogens with zero attached hydrogens (tertiary/aromatic N) is 3. The topological polar surface area (TPSA) is 55.9 Å². The number of carbonyl (C=O) groups is 2. The van der Waals surface area contributed by atoms with E-state index in [1.54, 1.807) is 11.0 Å². The van der Waals surface area contributed by atoms with Gasteiger partial charge in [0.2, 0.25) is 0 Å². The van der Waals surface area contributed by atoms with E-state index in [0.717, 1.165) is 25.9 Å². The van der Waals surface area contributed by atoms with Crippen LogP contribution in [-0.2, 0) is 0 Å². The summed E-state index contributed by atoms with van der Waals surface area (Å²) < 4.78 is 0. The number of benzene rings is 2. The van der Waals surface area contributed by atoms with Gasteiger partial charge < -0.3 is 15.1 Å². The Kier molecular flexibility index (Phi) is 4.58. The number of amides is 3. The van der Waals surface area contributed by atoms with Crippen LogP contribution in [0.25, 0.3) is 0 Å². The summed E-state index contributed by atoms with van der Waals surface area (Å²) in [6.07, 6.45) is 1.90. The van der Waals surface area contributed by atoms with Crippen molar-refractivity contribution < 1.29 is 9.59 Å². The summed E-state index contributed by atoms with van der Waals surface area (Å²) in [7, 11) is 3.97. The predicted molar refractivity (Wildman–Crippen MR) is 107 cm³/mol. The lowest BCUT2D eigenvalue weighted by Gasteiger charge is -2.37. The number of rotatable bonds is 1. The van der Waals surface area contributed by atoms with Crippen LogP contribution in [0.2, 0.25) is 0 Å². The molecular weight excluding hydrogens is 340 g/mol. The summed E-state index contributed by atoms with van der Waals surface area (Å²) in [6.45, 7) is 1.96. The third-order valence-corrected chi connectivity index (χ3v) is 5.51. The van der Waals surface area contributed by atoms with Gasteiger partial charge in [0.25, 0.3) is 5.91 Å². The zero-order valence-corrected chi connectivity index (χ0v) is 15.7. The number of fused-ring (bicyclic) bond motifs is 2. The molecule has 2 heterocycles. The van der Waals surface area contributed by atoms with Crippen LogP contribution in [0.4, 0.5) is 21.9 Å². The molecule has 2 aromatic carbocycles. The van der Waals surface area contributed by atoms with E-state index in [9.17, 15) is 9.59 Å². The Balaban J connectivity index is 1.75. The lowest BCUT2D eigenvalue weighted by molar-refractivity contribution is 0.102. The molecule has 0 saturated carbocycles. The van der Waals surface area contributed by atoms with Gasteiger partial charge >= 0.3 is 6.03 Å². The molecule has 0 bridgehead atoms. The molecule has 0 unspecified atom stereocenters. The smallest absolute Gasteiger partial charge is 0.324 e. The Morgan fingerprint density at radius 3 is 2.41 bits per heavy atom. The maximum atomic E-state index is 13.6. The van der Waals surface area contributed by atoms with Crippen molar-refractivity contribution in [2.45, 2.75) is 18.9 Å². The molecule has 1 saturated heterocycles. The molecule has 3 amide bonds. The van der Waals surface area contributed by atoms with Crippen molar-refractivity contribution in [3.05, 3.63) is 54.1 Å². The van der Waals surface area contributed by atoms with Gasteiger partial charge in [-0.3, -0.25) is 9.69 Å². The van der Waals surface area contributed by atoms with Crippen molar-refractivity contribution >= 4 is 29.0 Å². The van der Waals surface area contributed by atoms with Crippen LogP contribution >= 0.6 is 0 Å². The average molecular weight is 364 g/mol. The Hall–Kier alpha value is -2.86. The van der Waals surface area contributed by atoms with E-state index in [1.807, 2.05) is 54.4 Å². The molecule has 2 aliphatic heterocycles. The van der Waals surface area contributed by atoms with Gasteiger partial charge in [0, 0.05) is 13.1 Å². The van der Waals surface area contributed by atoms with Gasteiger partial charge in [0.05, 0.1) is 22.6 Å². The fraction of sp³-hybridized carbons (Fsp3) is 0.333. The highest BCUT2D eigenvalue weighted by atomic mass is 16.2. The average Bonchev–Trinajstić information content (AvgIpc) is 2.81. The standard InChI is InChI=1S/C21H24N4O2/c1-23-13-11-15(12-14-23)24(2)21(27)25-18-9-5-3-7-16(18)20(26)22-17-8-4-6-10-19(17)25/h3-10,15H,11-14H2,1-2H3,(H,22,26). The Labute approximate surface area is 159 Å². The number of likely N-dealkylation sites (tertiary alicyclic amines) is 1. The number of nitrogens with one attached hydrogen (secondary N) is 1. The molecule has 4 rings (SSSR count). The Morgan fingerprint density at radius 1 is 1.04 bits per heavy atom. The highest BCUT2D eigenvalue weighted by molar-refractivity contribution is 6.17. The highest BCUT2D eigenvalue weighted by Gasteiger charge is 2.33. The molecule has 0 aromatic heterocycles. The maximum Gasteiger partial charge on any atom is 0.329 e. The second-order valence-electron chi connectivity index (χ2n) is 7.25. The van der Waals surface area contributed by atoms with E-state index in [2.05, 4.69) is 17.3 Å². The minimum absolute atomic E-state index is 0.110. The number of piperidine rings is 1. The van der Waals surface area contributed by atoms with Crippen molar-refractivity contribution in [2.24, 2.45) is 0 Å². The maximum absolute atomic E-state index is 13.6. The molecule has 0 spiro atoms. The van der Waals surface area contributed by atoms with Gasteiger partial charge in [-0.15, -0.1) is 0 Å². The number of anilines is 3. The lowest BCUT2D eigenvalue weighted by Crippen LogP contribution is -2.48. The molecule has 27 heavy (non-hydrogen) atoms. The first-order chi connectivity index (χ1) is 13.1.